The lowest BCUT2D eigenvalue weighted by Gasteiger charge is -2.36. The van der Waals surface area contributed by atoms with Crippen LogP contribution in [0.3, 0.4) is 0 Å². The maximum absolute atomic E-state index is 13.0. The molecule has 1 aliphatic rings. The molecule has 0 saturated carbocycles. The average molecular weight is 325 g/mol. The van der Waals surface area contributed by atoms with Crippen LogP contribution in [0.25, 0.3) is 5.69 Å². The third kappa shape index (κ3) is 3.36. The van der Waals surface area contributed by atoms with E-state index in [1.165, 1.54) is 0 Å². The molecule has 1 aliphatic heterocycles. The van der Waals surface area contributed by atoms with Crippen molar-refractivity contribution in [1.29, 1.82) is 0 Å². The number of piperidine rings is 1. The maximum atomic E-state index is 13.0. The van der Waals surface area contributed by atoms with Gasteiger partial charge in [-0.15, -0.1) is 5.10 Å². The van der Waals surface area contributed by atoms with Gasteiger partial charge < -0.3 is 0 Å². The van der Waals surface area contributed by atoms with E-state index in [0.29, 0.717) is 18.8 Å². The molecule has 1 fully saturated rings. The minimum Gasteiger partial charge on any atom is -0.293 e. The molecule has 1 aromatic carbocycles. The van der Waals surface area contributed by atoms with Crippen molar-refractivity contribution in [3.05, 3.63) is 36.2 Å². The highest BCUT2D eigenvalue weighted by Crippen LogP contribution is 2.35. The molecule has 3 rings (SSSR count). The molecular weight excluding hydrogens is 307 g/mol. The number of hydrogen-bond donors (Lipinski definition) is 0. The molecule has 2 aromatic rings. The molecule has 0 amide bonds. The summed E-state index contributed by atoms with van der Waals surface area (Å²) in [5.74, 6) is -0.723. The summed E-state index contributed by atoms with van der Waals surface area (Å²) in [4.78, 5) is 1.81. The second-order valence-electron chi connectivity index (χ2n) is 5.84. The lowest BCUT2D eigenvalue weighted by atomic mass is 9.96. The van der Waals surface area contributed by atoms with Gasteiger partial charge in [-0.1, -0.05) is 18.2 Å². The number of likely N-dealkylation sites (tertiary alicyclic amines) is 1. The van der Waals surface area contributed by atoms with E-state index >= 15 is 0 Å². The number of rotatable bonds is 3. The number of tetrazole rings is 1. The molecule has 2 heterocycles. The van der Waals surface area contributed by atoms with Gasteiger partial charge in [-0.2, -0.15) is 17.9 Å². The van der Waals surface area contributed by atoms with Crippen LogP contribution >= 0.6 is 0 Å². The van der Waals surface area contributed by atoms with Crippen molar-refractivity contribution in [3.8, 4) is 5.69 Å². The zero-order valence-corrected chi connectivity index (χ0v) is 12.7. The van der Waals surface area contributed by atoms with Crippen LogP contribution in [-0.2, 0) is 0 Å². The Morgan fingerprint density at radius 2 is 1.96 bits per heavy atom. The summed E-state index contributed by atoms with van der Waals surface area (Å²) in [5, 5.41) is 11.7. The Bertz CT molecular complexity index is 640. The number of benzene rings is 1. The third-order valence-electron chi connectivity index (χ3n) is 4.33. The summed E-state index contributed by atoms with van der Waals surface area (Å²) in [5.41, 5.74) is 0.795. The largest absolute Gasteiger partial charge is 0.393 e. The first kappa shape index (κ1) is 15.9. The molecule has 1 saturated heterocycles. The molecule has 5 nitrogen and oxygen atoms in total. The van der Waals surface area contributed by atoms with Gasteiger partial charge in [0, 0.05) is 6.54 Å². The zero-order valence-electron chi connectivity index (χ0n) is 12.7. The van der Waals surface area contributed by atoms with Crippen LogP contribution in [0, 0.1) is 5.92 Å². The highest BCUT2D eigenvalue weighted by atomic mass is 19.4. The van der Waals surface area contributed by atoms with E-state index in [0.717, 1.165) is 5.69 Å². The van der Waals surface area contributed by atoms with Crippen LogP contribution in [0.15, 0.2) is 30.3 Å². The molecule has 0 bridgehead atoms. The summed E-state index contributed by atoms with van der Waals surface area (Å²) < 4.78 is 40.6. The van der Waals surface area contributed by atoms with E-state index in [9.17, 15) is 13.2 Å². The van der Waals surface area contributed by atoms with E-state index in [-0.39, 0.29) is 19.0 Å². The molecule has 2 atom stereocenters. The Morgan fingerprint density at radius 3 is 2.65 bits per heavy atom. The molecule has 124 valence electrons. The molecule has 8 heteroatoms. The van der Waals surface area contributed by atoms with Crippen molar-refractivity contribution in [2.45, 2.75) is 32.0 Å². The fourth-order valence-electron chi connectivity index (χ4n) is 3.00. The third-order valence-corrected chi connectivity index (χ3v) is 4.33. The Balaban J connectivity index is 1.81. The number of halogens is 3. The van der Waals surface area contributed by atoms with Gasteiger partial charge in [0.2, 0.25) is 0 Å². The molecule has 23 heavy (non-hydrogen) atoms. The van der Waals surface area contributed by atoms with Gasteiger partial charge >= 0.3 is 6.18 Å². The van der Waals surface area contributed by atoms with Gasteiger partial charge in [-0.3, -0.25) is 4.90 Å². The van der Waals surface area contributed by atoms with Gasteiger partial charge in [-0.25, -0.2) is 0 Å². The van der Waals surface area contributed by atoms with Crippen LogP contribution in [-0.4, -0.2) is 44.4 Å². The zero-order chi connectivity index (χ0) is 16.4. The summed E-state index contributed by atoms with van der Waals surface area (Å²) in [6.07, 6.45) is -3.43. The first-order valence-corrected chi connectivity index (χ1v) is 7.61. The molecule has 0 spiro atoms. The number of nitrogens with zero attached hydrogens (tertiary/aromatic N) is 5. The van der Waals surface area contributed by atoms with Crippen molar-refractivity contribution < 1.29 is 13.2 Å². The van der Waals surface area contributed by atoms with Crippen LogP contribution in [0.4, 0.5) is 13.2 Å². The van der Waals surface area contributed by atoms with Crippen molar-refractivity contribution in [1.82, 2.24) is 25.1 Å². The van der Waals surface area contributed by atoms with E-state index in [4.69, 9.17) is 0 Å². The van der Waals surface area contributed by atoms with Gasteiger partial charge in [0.15, 0.2) is 5.82 Å². The van der Waals surface area contributed by atoms with E-state index < -0.39 is 12.1 Å². The molecule has 1 aromatic heterocycles. The Hall–Kier alpha value is -1.96. The van der Waals surface area contributed by atoms with E-state index in [1.807, 2.05) is 42.2 Å². The first-order chi connectivity index (χ1) is 11.0. The average Bonchev–Trinajstić information content (AvgIpc) is 3.04. The summed E-state index contributed by atoms with van der Waals surface area (Å²) >= 11 is 0. The Morgan fingerprint density at radius 1 is 1.22 bits per heavy atom. The normalized spacial score (nSPS) is 21.3. The predicted octanol–water partition coefficient (Wildman–Crippen LogP) is 3.00. The molecule has 0 aliphatic carbocycles. The van der Waals surface area contributed by atoms with Crippen LogP contribution in [0.1, 0.15) is 31.6 Å². The van der Waals surface area contributed by atoms with Crippen molar-refractivity contribution in [2.24, 2.45) is 5.92 Å². The van der Waals surface area contributed by atoms with Crippen LogP contribution in [0.2, 0.25) is 0 Å². The van der Waals surface area contributed by atoms with Gasteiger partial charge in [0.1, 0.15) is 0 Å². The monoisotopic (exact) mass is 325 g/mol. The minimum atomic E-state index is -4.15. The van der Waals surface area contributed by atoms with Gasteiger partial charge in [0.05, 0.1) is 17.6 Å². The SMILES string of the molecule is CC(c1nnnn1-c1ccccc1)N1CCCC(C(F)(F)F)C1. The quantitative estimate of drug-likeness (QED) is 0.870. The lowest BCUT2D eigenvalue weighted by molar-refractivity contribution is -0.188. The fourth-order valence-corrected chi connectivity index (χ4v) is 3.00. The van der Waals surface area contributed by atoms with Gasteiger partial charge in [0.25, 0.3) is 0 Å². The van der Waals surface area contributed by atoms with E-state index in [1.54, 1.807) is 4.68 Å². The number of alkyl halides is 3. The topological polar surface area (TPSA) is 46.8 Å². The van der Waals surface area contributed by atoms with Crippen molar-refractivity contribution in [2.75, 3.05) is 13.1 Å². The second kappa shape index (κ2) is 6.27. The maximum Gasteiger partial charge on any atom is 0.393 e. The van der Waals surface area contributed by atoms with Crippen LogP contribution in [0.5, 0.6) is 0 Å². The Labute approximate surface area is 132 Å². The molecule has 2 unspecified atom stereocenters. The highest BCUT2D eigenvalue weighted by Gasteiger charge is 2.43. The lowest BCUT2D eigenvalue weighted by Crippen LogP contribution is -2.43. The van der Waals surface area contributed by atoms with Crippen molar-refractivity contribution in [3.63, 3.8) is 0 Å². The van der Waals surface area contributed by atoms with Crippen LogP contribution < -0.4 is 0 Å². The second-order valence-corrected chi connectivity index (χ2v) is 5.84. The predicted molar refractivity (Wildman–Crippen MR) is 77.9 cm³/mol. The number of hydrogen-bond acceptors (Lipinski definition) is 4. The first-order valence-electron chi connectivity index (χ1n) is 7.61. The molecule has 0 radical (unpaired) electrons. The minimum absolute atomic E-state index is 0.00762. The summed E-state index contributed by atoms with van der Waals surface area (Å²) in [7, 11) is 0. The Kier molecular flexibility index (Phi) is 4.34. The number of aromatic nitrogens is 4. The standard InChI is InChI=1S/C15H18F3N5/c1-11(22-9-5-6-12(10-22)15(16,17)18)14-19-20-21-23(14)13-7-3-2-4-8-13/h2-4,7-8,11-12H,5-6,9-10H2,1H3. The fraction of sp³-hybridized carbons (Fsp3) is 0.533. The molecule has 0 N–H and O–H groups in total. The summed E-state index contributed by atoms with van der Waals surface area (Å²) in [6.45, 7) is 2.46. The number of para-hydroxylation sites is 1. The molecular formula is C15H18F3N5. The van der Waals surface area contributed by atoms with Crippen molar-refractivity contribution >= 4 is 0 Å². The van der Waals surface area contributed by atoms with Gasteiger partial charge in [-0.05, 0) is 48.9 Å². The van der Waals surface area contributed by atoms with E-state index in [2.05, 4.69) is 15.5 Å². The smallest absolute Gasteiger partial charge is 0.293 e. The highest BCUT2D eigenvalue weighted by molar-refractivity contribution is 5.30. The summed E-state index contributed by atoms with van der Waals surface area (Å²) in [6, 6.07) is 9.06.